The van der Waals surface area contributed by atoms with Crippen molar-refractivity contribution in [1.29, 1.82) is 0 Å². The molecule has 0 bridgehead atoms. The Morgan fingerprint density at radius 2 is 1.93 bits per heavy atom. The van der Waals surface area contributed by atoms with Crippen LogP contribution in [0.15, 0.2) is 29.2 Å². The zero-order valence-electron chi connectivity index (χ0n) is 7.58. The lowest BCUT2D eigenvalue weighted by molar-refractivity contribution is 0.348. The van der Waals surface area contributed by atoms with Crippen molar-refractivity contribution in [3.05, 3.63) is 29.3 Å². The molecule has 1 aromatic carbocycles. The Kier molecular flexibility index (Phi) is 4.19. The first-order valence-electron chi connectivity index (χ1n) is 3.68. The van der Waals surface area contributed by atoms with E-state index in [-0.39, 0.29) is 9.92 Å². The summed E-state index contributed by atoms with van der Waals surface area (Å²) in [5.41, 5.74) is 0. The molecule has 1 atom stereocenters. The molecule has 0 saturated heterocycles. The highest BCUT2D eigenvalue weighted by atomic mass is 35.5. The molecule has 0 aliphatic heterocycles. The summed E-state index contributed by atoms with van der Waals surface area (Å²) in [6, 6.07) is 5.67. The minimum absolute atomic E-state index is 0.00277. The van der Waals surface area contributed by atoms with Crippen molar-refractivity contribution in [3.63, 3.8) is 0 Å². The average Bonchev–Trinajstić information content (AvgIpc) is 2.17. The number of benzene rings is 1. The van der Waals surface area contributed by atoms with Gasteiger partial charge in [-0.3, -0.25) is 0 Å². The van der Waals surface area contributed by atoms with Crippen LogP contribution in [0.25, 0.3) is 0 Å². The molecule has 0 N–H and O–H groups in total. The van der Waals surface area contributed by atoms with Crippen molar-refractivity contribution in [3.8, 4) is 0 Å². The van der Waals surface area contributed by atoms with Crippen molar-refractivity contribution < 1.29 is 21.5 Å². The monoisotopic (exact) mass is 269 g/mol. The van der Waals surface area contributed by atoms with Gasteiger partial charge >= 0.3 is 18.4 Å². The largest absolute Gasteiger partial charge is 0.714 e. The number of hydrogen-bond acceptors (Lipinski definition) is 5. The first-order chi connectivity index (χ1) is 6.97. The van der Waals surface area contributed by atoms with Crippen LogP contribution in [-0.4, -0.2) is 15.5 Å². The Balaban J connectivity index is 3.07. The highest BCUT2D eigenvalue weighted by Crippen LogP contribution is 2.31. The Morgan fingerprint density at radius 3 is 2.47 bits per heavy atom. The number of rotatable bonds is 4. The van der Waals surface area contributed by atoms with E-state index in [9.17, 15) is 13.0 Å². The summed E-state index contributed by atoms with van der Waals surface area (Å²) in [5.74, 6) is 0. The molecule has 1 aromatic rings. The fraction of sp³-hybridized carbons (Fsp3) is 0.143. The van der Waals surface area contributed by atoms with E-state index in [1.54, 1.807) is 6.07 Å². The third-order valence-corrected chi connectivity index (χ3v) is 4.32. The molecule has 82 valence electrons. The summed E-state index contributed by atoms with van der Waals surface area (Å²) < 4.78 is 42.1. The predicted octanol–water partition coefficient (Wildman–Crippen LogP) is 2.35. The minimum Gasteiger partial charge on any atom is -0.190 e. The predicted molar refractivity (Wildman–Crippen MR) is 54.3 cm³/mol. The molecule has 5 nitrogen and oxygen atoms in total. The van der Waals surface area contributed by atoms with Crippen molar-refractivity contribution >= 4 is 30.0 Å². The van der Waals surface area contributed by atoms with Crippen LogP contribution < -0.4 is 0 Å². The number of halogens is 1. The average molecular weight is 270 g/mol. The van der Waals surface area contributed by atoms with Crippen LogP contribution in [0.3, 0.4) is 0 Å². The molecule has 0 saturated carbocycles. The molecule has 0 aromatic heterocycles. The Hall–Kier alpha value is -0.520. The van der Waals surface area contributed by atoms with E-state index in [1.165, 1.54) is 18.2 Å². The lowest BCUT2D eigenvalue weighted by Gasteiger charge is -1.98. The molecule has 1 unspecified atom stereocenters. The van der Waals surface area contributed by atoms with Crippen molar-refractivity contribution in [1.82, 2.24) is 0 Å². The quantitative estimate of drug-likeness (QED) is 0.785. The molecule has 0 heterocycles. The van der Waals surface area contributed by atoms with E-state index >= 15 is 0 Å². The lowest BCUT2D eigenvalue weighted by atomic mass is 10.4. The molecule has 0 amide bonds. The van der Waals surface area contributed by atoms with E-state index in [2.05, 4.69) is 8.49 Å². The smallest absolute Gasteiger partial charge is 0.190 e. The maximum atomic E-state index is 11.5. The highest BCUT2D eigenvalue weighted by Gasteiger charge is 2.32. The van der Waals surface area contributed by atoms with E-state index in [1.807, 2.05) is 0 Å². The second kappa shape index (κ2) is 5.01. The molecular weight excluding hydrogens is 263 g/mol. The maximum Gasteiger partial charge on any atom is 0.714 e. The third kappa shape index (κ3) is 3.22. The van der Waals surface area contributed by atoms with Crippen LogP contribution in [0, 0.1) is 0 Å². The molecular formula is C7H7ClO5PS+. The Morgan fingerprint density at radius 1 is 1.33 bits per heavy atom. The van der Waals surface area contributed by atoms with E-state index in [4.69, 9.17) is 11.6 Å². The minimum atomic E-state index is -4.14. The fourth-order valence-electron chi connectivity index (χ4n) is 0.798. The van der Waals surface area contributed by atoms with Crippen molar-refractivity contribution in [2.75, 3.05) is 7.11 Å². The van der Waals surface area contributed by atoms with Crippen molar-refractivity contribution in [2.45, 2.75) is 4.90 Å². The van der Waals surface area contributed by atoms with Gasteiger partial charge in [0, 0.05) is 8.54 Å². The van der Waals surface area contributed by atoms with E-state index < -0.39 is 18.4 Å². The van der Waals surface area contributed by atoms with Crippen LogP contribution in [0.5, 0.6) is 0 Å². The first kappa shape index (κ1) is 12.5. The van der Waals surface area contributed by atoms with Gasteiger partial charge in [-0.15, -0.1) is 4.52 Å². The molecule has 1 rings (SSSR count). The first-order valence-corrected chi connectivity index (χ1v) is 6.56. The molecule has 0 aliphatic rings. The van der Waals surface area contributed by atoms with Gasteiger partial charge in [0.05, 0.1) is 12.1 Å². The van der Waals surface area contributed by atoms with Crippen molar-refractivity contribution in [2.24, 2.45) is 0 Å². The molecule has 0 spiro atoms. The number of hydrogen-bond donors (Lipinski definition) is 0. The second-order valence-corrected chi connectivity index (χ2v) is 5.53. The SMILES string of the molecule is CO[P+](=O)OS(=O)(=O)c1ccccc1Cl. The second-order valence-electron chi connectivity index (χ2n) is 2.37. The van der Waals surface area contributed by atoms with Gasteiger partial charge in [0.25, 0.3) is 0 Å². The van der Waals surface area contributed by atoms with Crippen LogP contribution in [0.2, 0.25) is 5.02 Å². The van der Waals surface area contributed by atoms with Gasteiger partial charge in [-0.05, 0) is 12.1 Å². The lowest BCUT2D eigenvalue weighted by Crippen LogP contribution is -2.02. The van der Waals surface area contributed by atoms with Gasteiger partial charge < -0.3 is 0 Å². The highest BCUT2D eigenvalue weighted by molar-refractivity contribution is 7.89. The summed E-state index contributed by atoms with van der Waals surface area (Å²) in [4.78, 5) is -0.243. The molecule has 0 fully saturated rings. The molecule has 15 heavy (non-hydrogen) atoms. The van der Waals surface area contributed by atoms with Gasteiger partial charge in [-0.25, -0.2) is 0 Å². The van der Waals surface area contributed by atoms with Crippen LogP contribution in [-0.2, 0) is 23.2 Å². The van der Waals surface area contributed by atoms with Gasteiger partial charge in [0.2, 0.25) is 0 Å². The fourth-order valence-corrected chi connectivity index (χ4v) is 2.98. The summed E-state index contributed by atoms with van der Waals surface area (Å²) in [6.07, 6.45) is 0. The zero-order chi connectivity index (χ0) is 11.5. The van der Waals surface area contributed by atoms with E-state index in [0.717, 1.165) is 7.11 Å². The zero-order valence-corrected chi connectivity index (χ0v) is 10.1. The van der Waals surface area contributed by atoms with Crippen LogP contribution in [0.1, 0.15) is 0 Å². The molecule has 0 radical (unpaired) electrons. The Labute approximate surface area is 93.0 Å². The normalized spacial score (nSPS) is 12.5. The summed E-state index contributed by atoms with van der Waals surface area (Å²) in [7, 11) is -5.77. The van der Waals surface area contributed by atoms with Crippen LogP contribution in [0.4, 0.5) is 0 Å². The van der Waals surface area contributed by atoms with E-state index in [0.29, 0.717) is 0 Å². The topological polar surface area (TPSA) is 69.7 Å². The summed E-state index contributed by atoms with van der Waals surface area (Å²) >= 11 is 5.64. The Bertz CT molecular complexity index is 472. The summed E-state index contributed by atoms with van der Waals surface area (Å²) in [5, 5.41) is -0.00277. The molecule has 8 heteroatoms. The molecule has 0 aliphatic carbocycles. The van der Waals surface area contributed by atoms with Gasteiger partial charge in [0.1, 0.15) is 4.90 Å². The van der Waals surface area contributed by atoms with Crippen LogP contribution >= 0.6 is 19.9 Å². The maximum absolute atomic E-state index is 11.5. The van der Waals surface area contributed by atoms with Gasteiger partial charge in [-0.1, -0.05) is 23.7 Å². The van der Waals surface area contributed by atoms with Gasteiger partial charge in [-0.2, -0.15) is 8.42 Å². The summed E-state index contributed by atoms with van der Waals surface area (Å²) in [6.45, 7) is 0. The third-order valence-electron chi connectivity index (χ3n) is 1.41. The van der Waals surface area contributed by atoms with Gasteiger partial charge in [0.15, 0.2) is 0 Å². The standard InChI is InChI=1S/C7H7ClO5PS/c1-12-14(9)13-15(10,11)7-5-3-2-4-6(7)8/h2-5H,1H3/q+1.